The molecule has 0 spiro atoms. The minimum Gasteiger partial charge on any atom is -0.465 e. The molecule has 2 aromatic rings. The first-order valence-corrected chi connectivity index (χ1v) is 11.6. The summed E-state index contributed by atoms with van der Waals surface area (Å²) in [5.41, 5.74) is 2.71. The van der Waals surface area contributed by atoms with E-state index in [1.165, 1.54) is 18.9 Å². The molecule has 1 aliphatic heterocycles. The number of allylic oxidation sites excluding steroid dienone is 2. The number of dihydropyridines is 1. The zero-order chi connectivity index (χ0) is 24.7. The summed E-state index contributed by atoms with van der Waals surface area (Å²) in [7, 11) is 1.30. The van der Waals surface area contributed by atoms with Crippen LogP contribution in [0.5, 0.6) is 0 Å². The number of hydrogen-bond acceptors (Lipinski definition) is 8. The Morgan fingerprint density at radius 2 is 1.71 bits per heavy atom. The summed E-state index contributed by atoms with van der Waals surface area (Å²) in [6, 6.07) is 17.7. The van der Waals surface area contributed by atoms with Gasteiger partial charge in [-0.25, -0.2) is 9.59 Å². The van der Waals surface area contributed by atoms with Gasteiger partial charge in [0.25, 0.3) is 0 Å². The van der Waals surface area contributed by atoms with Crippen molar-refractivity contribution in [1.29, 1.82) is 5.26 Å². The van der Waals surface area contributed by atoms with Crippen LogP contribution in [0.3, 0.4) is 0 Å². The normalized spacial score (nSPS) is 15.3. The van der Waals surface area contributed by atoms with Gasteiger partial charge in [-0.15, -0.1) is 0 Å². The van der Waals surface area contributed by atoms with Gasteiger partial charge < -0.3 is 14.8 Å². The van der Waals surface area contributed by atoms with Crippen molar-refractivity contribution in [3.05, 3.63) is 93.2 Å². The van der Waals surface area contributed by atoms with E-state index < -0.39 is 17.9 Å². The molecule has 8 heteroatoms. The summed E-state index contributed by atoms with van der Waals surface area (Å²) in [4.78, 5) is 37.3. The van der Waals surface area contributed by atoms with Crippen molar-refractivity contribution in [3.63, 3.8) is 0 Å². The molecule has 7 nitrogen and oxygen atoms in total. The fraction of sp³-hybridized carbons (Fsp3) is 0.231. The number of nitrogens with one attached hydrogen (secondary N) is 1. The second-order valence-corrected chi connectivity index (χ2v) is 8.35. The first-order chi connectivity index (χ1) is 16.4. The Kier molecular flexibility index (Phi) is 8.28. The molecule has 1 aliphatic rings. The van der Waals surface area contributed by atoms with Gasteiger partial charge in [-0.1, -0.05) is 54.2 Å². The number of thioether (sulfide) groups is 1. The summed E-state index contributed by atoms with van der Waals surface area (Å²) in [5, 5.41) is 13.7. The second kappa shape index (κ2) is 11.3. The number of ketones is 1. The van der Waals surface area contributed by atoms with E-state index in [-0.39, 0.29) is 18.1 Å². The van der Waals surface area contributed by atoms with Crippen molar-refractivity contribution >= 4 is 29.5 Å². The smallest absolute Gasteiger partial charge is 0.337 e. The van der Waals surface area contributed by atoms with Crippen LogP contribution >= 0.6 is 11.8 Å². The van der Waals surface area contributed by atoms with Crippen molar-refractivity contribution in [3.8, 4) is 6.07 Å². The maximum Gasteiger partial charge on any atom is 0.337 e. The third-order valence-electron chi connectivity index (χ3n) is 5.25. The predicted molar refractivity (Wildman–Crippen MR) is 129 cm³/mol. The van der Waals surface area contributed by atoms with Crippen LogP contribution in [0.15, 0.2) is 76.5 Å². The third kappa shape index (κ3) is 5.38. The number of nitrogens with zero attached hydrogens (tertiary/aromatic N) is 1. The van der Waals surface area contributed by atoms with E-state index in [0.29, 0.717) is 38.6 Å². The van der Waals surface area contributed by atoms with Crippen molar-refractivity contribution in [1.82, 2.24) is 5.32 Å². The summed E-state index contributed by atoms with van der Waals surface area (Å²) in [5.74, 6) is -1.69. The van der Waals surface area contributed by atoms with Crippen LogP contribution in [0.25, 0.3) is 0 Å². The first kappa shape index (κ1) is 24.8. The van der Waals surface area contributed by atoms with E-state index in [1.807, 2.05) is 6.07 Å². The lowest BCUT2D eigenvalue weighted by Crippen LogP contribution is -2.29. The maximum absolute atomic E-state index is 12.8. The average Bonchev–Trinajstić information content (AvgIpc) is 2.87. The first-order valence-electron chi connectivity index (χ1n) is 10.6. The monoisotopic (exact) mass is 476 g/mol. The number of carbonyl (C=O) groups is 3. The molecule has 0 saturated carbocycles. The quantitative estimate of drug-likeness (QED) is 0.443. The molecule has 34 heavy (non-hydrogen) atoms. The molecule has 0 bridgehead atoms. The lowest BCUT2D eigenvalue weighted by molar-refractivity contribution is -0.138. The fourth-order valence-corrected chi connectivity index (χ4v) is 4.60. The number of nitriles is 1. The number of Topliss-reactive ketones (excluding diaryl/α,β-unsaturated/α-hetero) is 1. The lowest BCUT2D eigenvalue weighted by Gasteiger charge is -2.29. The number of esters is 2. The van der Waals surface area contributed by atoms with Gasteiger partial charge in [-0.05, 0) is 31.5 Å². The molecule has 1 atom stereocenters. The Hall–Kier alpha value is -3.83. The standard InChI is InChI=1S/C26H24N2O5S/c1-4-33-26(31)22-16(2)28-24(34-15-21(29)17-8-6-5-7-9-17)20(14-27)23(22)18-10-12-19(13-11-18)25(30)32-3/h5-13,23,28H,4,15H2,1-3H3. The van der Waals surface area contributed by atoms with Crippen molar-refractivity contribution < 1.29 is 23.9 Å². The van der Waals surface area contributed by atoms with E-state index in [1.54, 1.807) is 62.4 Å². The van der Waals surface area contributed by atoms with E-state index >= 15 is 0 Å². The van der Waals surface area contributed by atoms with Gasteiger partial charge in [-0.2, -0.15) is 5.26 Å². The summed E-state index contributed by atoms with van der Waals surface area (Å²) >= 11 is 1.21. The summed E-state index contributed by atoms with van der Waals surface area (Å²) < 4.78 is 10.0. The SMILES string of the molecule is CCOC(=O)C1=C(C)NC(SCC(=O)c2ccccc2)=C(C#N)C1c1ccc(C(=O)OC)cc1. The molecule has 1 unspecified atom stereocenters. The Labute approximate surface area is 202 Å². The van der Waals surface area contributed by atoms with Gasteiger partial charge in [0.1, 0.15) is 0 Å². The zero-order valence-electron chi connectivity index (χ0n) is 19.1. The van der Waals surface area contributed by atoms with Crippen LogP contribution in [0, 0.1) is 11.3 Å². The Morgan fingerprint density at radius 1 is 1.03 bits per heavy atom. The molecular weight excluding hydrogens is 452 g/mol. The molecule has 174 valence electrons. The largest absolute Gasteiger partial charge is 0.465 e. The van der Waals surface area contributed by atoms with Gasteiger partial charge in [0.2, 0.25) is 0 Å². The zero-order valence-corrected chi connectivity index (χ0v) is 19.9. The number of hydrogen-bond donors (Lipinski definition) is 1. The molecule has 0 saturated heterocycles. The molecule has 0 amide bonds. The predicted octanol–water partition coefficient (Wildman–Crippen LogP) is 4.35. The number of ether oxygens (including phenoxy) is 2. The van der Waals surface area contributed by atoms with E-state index in [9.17, 15) is 19.6 Å². The fourth-order valence-electron chi connectivity index (χ4n) is 3.61. The highest BCUT2D eigenvalue weighted by Gasteiger charge is 2.35. The van der Waals surface area contributed by atoms with Gasteiger partial charge in [0.05, 0.1) is 53.2 Å². The number of carbonyl (C=O) groups excluding carboxylic acids is 3. The van der Waals surface area contributed by atoms with E-state index in [4.69, 9.17) is 9.47 Å². The summed E-state index contributed by atoms with van der Waals surface area (Å²) in [6.07, 6.45) is 0. The van der Waals surface area contributed by atoms with Crippen LogP contribution in [0.2, 0.25) is 0 Å². The minimum absolute atomic E-state index is 0.0750. The lowest BCUT2D eigenvalue weighted by atomic mass is 9.82. The number of methoxy groups -OCH3 is 1. The highest BCUT2D eigenvalue weighted by Crippen LogP contribution is 2.41. The molecule has 0 aliphatic carbocycles. The van der Waals surface area contributed by atoms with Crippen LogP contribution in [0.4, 0.5) is 0 Å². The molecule has 1 N–H and O–H groups in total. The molecule has 1 heterocycles. The van der Waals surface area contributed by atoms with Crippen molar-refractivity contribution in [2.75, 3.05) is 19.5 Å². The Bertz CT molecular complexity index is 1190. The molecular formula is C26H24N2O5S. The van der Waals surface area contributed by atoms with Crippen LogP contribution in [-0.4, -0.2) is 37.2 Å². The van der Waals surface area contributed by atoms with Crippen molar-refractivity contribution in [2.45, 2.75) is 19.8 Å². The molecule has 0 radical (unpaired) electrons. The van der Waals surface area contributed by atoms with Crippen LogP contribution < -0.4 is 5.32 Å². The van der Waals surface area contributed by atoms with Crippen molar-refractivity contribution in [2.24, 2.45) is 0 Å². The van der Waals surface area contributed by atoms with Gasteiger partial charge in [0.15, 0.2) is 5.78 Å². The molecule has 0 aromatic heterocycles. The number of benzene rings is 2. The maximum atomic E-state index is 12.8. The van der Waals surface area contributed by atoms with Crippen LogP contribution in [0.1, 0.15) is 46.0 Å². The van der Waals surface area contributed by atoms with Gasteiger partial charge in [-0.3, -0.25) is 4.79 Å². The highest BCUT2D eigenvalue weighted by atomic mass is 32.2. The van der Waals surface area contributed by atoms with Gasteiger partial charge >= 0.3 is 11.9 Å². The molecule has 3 rings (SSSR count). The van der Waals surface area contributed by atoms with E-state index in [0.717, 1.165) is 0 Å². The summed E-state index contributed by atoms with van der Waals surface area (Å²) in [6.45, 7) is 3.62. The third-order valence-corrected chi connectivity index (χ3v) is 6.27. The molecule has 2 aromatic carbocycles. The minimum atomic E-state index is -0.716. The van der Waals surface area contributed by atoms with Crippen LogP contribution in [-0.2, 0) is 14.3 Å². The highest BCUT2D eigenvalue weighted by molar-refractivity contribution is 8.03. The second-order valence-electron chi connectivity index (χ2n) is 7.36. The van der Waals surface area contributed by atoms with Gasteiger partial charge in [0, 0.05) is 11.3 Å². The topological polar surface area (TPSA) is 105 Å². The average molecular weight is 477 g/mol. The molecule has 0 fully saturated rings. The Balaban J connectivity index is 2.00. The Morgan fingerprint density at radius 3 is 2.29 bits per heavy atom. The number of rotatable bonds is 8. The van der Waals surface area contributed by atoms with E-state index in [2.05, 4.69) is 11.4 Å².